The summed E-state index contributed by atoms with van der Waals surface area (Å²) >= 11 is 0. The number of carbonyl (C=O) groups excluding carboxylic acids is 2. The van der Waals surface area contributed by atoms with Crippen LogP contribution in [0.15, 0.2) is 12.3 Å². The molecule has 8 heteroatoms. The molecular formula is C16H21N5O3. The first-order chi connectivity index (χ1) is 11.5. The second-order valence-electron chi connectivity index (χ2n) is 5.81. The van der Waals surface area contributed by atoms with Gasteiger partial charge in [-0.3, -0.25) is 4.79 Å². The van der Waals surface area contributed by atoms with E-state index in [1.807, 2.05) is 19.9 Å². The Morgan fingerprint density at radius 2 is 1.83 bits per heavy atom. The van der Waals surface area contributed by atoms with Crippen molar-refractivity contribution in [3.05, 3.63) is 29.2 Å². The average Bonchev–Trinajstić information content (AvgIpc) is 2.98. The summed E-state index contributed by atoms with van der Waals surface area (Å²) in [5.74, 6) is -0.106. The van der Waals surface area contributed by atoms with Crippen LogP contribution in [0.3, 0.4) is 0 Å². The Bertz CT molecular complexity index is 777. The summed E-state index contributed by atoms with van der Waals surface area (Å²) in [5.41, 5.74) is 2.85. The first-order valence-corrected chi connectivity index (χ1v) is 8.04. The van der Waals surface area contributed by atoms with Crippen LogP contribution < -0.4 is 0 Å². The van der Waals surface area contributed by atoms with Gasteiger partial charge in [0, 0.05) is 37.6 Å². The Balaban J connectivity index is 1.76. The minimum atomic E-state index is -0.325. The fraction of sp³-hybridized carbons (Fsp3) is 0.500. The number of ether oxygens (including phenoxy) is 1. The van der Waals surface area contributed by atoms with Crippen molar-refractivity contribution in [3.63, 3.8) is 0 Å². The summed E-state index contributed by atoms with van der Waals surface area (Å²) in [5, 5.41) is 4.26. The summed E-state index contributed by atoms with van der Waals surface area (Å²) < 4.78 is 6.67. The third-order valence-electron chi connectivity index (χ3n) is 4.10. The maximum atomic E-state index is 12.8. The van der Waals surface area contributed by atoms with Gasteiger partial charge in [-0.15, -0.1) is 0 Å². The molecule has 0 bridgehead atoms. The van der Waals surface area contributed by atoms with Gasteiger partial charge in [-0.05, 0) is 26.8 Å². The van der Waals surface area contributed by atoms with Gasteiger partial charge in [0.2, 0.25) is 0 Å². The number of carbonyl (C=O) groups is 2. The van der Waals surface area contributed by atoms with Crippen LogP contribution in [0.1, 0.15) is 28.7 Å². The number of nitrogens with zero attached hydrogens (tertiary/aromatic N) is 5. The average molecular weight is 331 g/mol. The number of rotatable bonds is 2. The highest BCUT2D eigenvalue weighted by Gasteiger charge is 2.27. The van der Waals surface area contributed by atoms with E-state index >= 15 is 0 Å². The van der Waals surface area contributed by atoms with E-state index < -0.39 is 0 Å². The van der Waals surface area contributed by atoms with Crippen molar-refractivity contribution in [2.45, 2.75) is 20.8 Å². The molecule has 2 aromatic heterocycles. The van der Waals surface area contributed by atoms with Crippen LogP contribution in [-0.2, 0) is 4.74 Å². The van der Waals surface area contributed by atoms with E-state index in [2.05, 4.69) is 10.1 Å². The monoisotopic (exact) mass is 331 g/mol. The molecule has 8 nitrogen and oxygen atoms in total. The molecule has 2 amide bonds. The zero-order valence-electron chi connectivity index (χ0n) is 14.2. The van der Waals surface area contributed by atoms with Gasteiger partial charge in [-0.1, -0.05) is 0 Å². The molecule has 1 fully saturated rings. The van der Waals surface area contributed by atoms with Crippen LogP contribution >= 0.6 is 0 Å². The van der Waals surface area contributed by atoms with Crippen LogP contribution in [0.2, 0.25) is 0 Å². The van der Waals surface area contributed by atoms with Crippen LogP contribution in [0.5, 0.6) is 0 Å². The number of hydrogen-bond acceptors (Lipinski definition) is 5. The minimum absolute atomic E-state index is 0.106. The van der Waals surface area contributed by atoms with Gasteiger partial charge in [-0.25, -0.2) is 14.3 Å². The SMILES string of the molecule is CCOC(=O)N1CCN(C(=O)c2cnn3c(C)cc(C)nc23)CC1. The molecule has 1 saturated heterocycles. The Morgan fingerprint density at radius 3 is 2.50 bits per heavy atom. The van der Waals surface area contributed by atoms with Crippen molar-refractivity contribution in [2.75, 3.05) is 32.8 Å². The minimum Gasteiger partial charge on any atom is -0.450 e. The summed E-state index contributed by atoms with van der Waals surface area (Å²) in [6, 6.07) is 1.92. The van der Waals surface area contributed by atoms with Crippen LogP contribution in [0.4, 0.5) is 4.79 Å². The zero-order chi connectivity index (χ0) is 17.3. The summed E-state index contributed by atoms with van der Waals surface area (Å²) in [4.78, 5) is 32.3. The Hall–Kier alpha value is -2.64. The molecule has 2 aromatic rings. The largest absolute Gasteiger partial charge is 0.450 e. The fourth-order valence-corrected chi connectivity index (χ4v) is 2.90. The van der Waals surface area contributed by atoms with Gasteiger partial charge in [0.25, 0.3) is 5.91 Å². The Labute approximate surface area is 140 Å². The Kier molecular flexibility index (Phi) is 4.37. The molecule has 0 aliphatic carbocycles. The number of amides is 2. The highest BCUT2D eigenvalue weighted by Crippen LogP contribution is 2.15. The number of piperazine rings is 1. The first kappa shape index (κ1) is 16.2. The highest BCUT2D eigenvalue weighted by atomic mass is 16.6. The third kappa shape index (κ3) is 2.91. The molecule has 0 saturated carbocycles. The molecule has 0 aromatic carbocycles. The Morgan fingerprint density at radius 1 is 1.17 bits per heavy atom. The van der Waals surface area contributed by atoms with Gasteiger partial charge in [0.15, 0.2) is 5.65 Å². The van der Waals surface area contributed by atoms with Crippen LogP contribution in [0.25, 0.3) is 5.65 Å². The predicted octanol–water partition coefficient (Wildman–Crippen LogP) is 1.26. The molecule has 128 valence electrons. The normalized spacial score (nSPS) is 15.0. The lowest BCUT2D eigenvalue weighted by molar-refractivity contribution is 0.0571. The molecule has 0 atom stereocenters. The van der Waals surface area contributed by atoms with E-state index in [0.717, 1.165) is 11.4 Å². The molecule has 0 radical (unpaired) electrons. The maximum absolute atomic E-state index is 12.8. The van der Waals surface area contributed by atoms with E-state index in [-0.39, 0.29) is 12.0 Å². The van der Waals surface area contributed by atoms with Crippen molar-refractivity contribution in [3.8, 4) is 0 Å². The second-order valence-corrected chi connectivity index (χ2v) is 5.81. The van der Waals surface area contributed by atoms with Crippen molar-refractivity contribution in [2.24, 2.45) is 0 Å². The van der Waals surface area contributed by atoms with Crippen molar-refractivity contribution >= 4 is 17.6 Å². The molecule has 24 heavy (non-hydrogen) atoms. The topological polar surface area (TPSA) is 80.0 Å². The summed E-state index contributed by atoms with van der Waals surface area (Å²) in [6.45, 7) is 7.84. The molecule has 0 unspecified atom stereocenters. The molecule has 1 aliphatic heterocycles. The van der Waals surface area contributed by atoms with E-state index in [1.54, 1.807) is 27.4 Å². The quantitative estimate of drug-likeness (QED) is 0.828. The van der Waals surface area contributed by atoms with Gasteiger partial charge < -0.3 is 14.5 Å². The van der Waals surface area contributed by atoms with Crippen molar-refractivity contribution < 1.29 is 14.3 Å². The molecular weight excluding hydrogens is 310 g/mol. The van der Waals surface area contributed by atoms with E-state index in [0.29, 0.717) is 44.0 Å². The van der Waals surface area contributed by atoms with Crippen LogP contribution in [-0.4, -0.2) is 69.2 Å². The highest BCUT2D eigenvalue weighted by molar-refractivity contribution is 5.99. The van der Waals surface area contributed by atoms with Crippen molar-refractivity contribution in [1.29, 1.82) is 0 Å². The van der Waals surface area contributed by atoms with Gasteiger partial charge in [0.1, 0.15) is 5.56 Å². The number of fused-ring (bicyclic) bond motifs is 1. The van der Waals surface area contributed by atoms with E-state index in [4.69, 9.17) is 4.74 Å². The second kappa shape index (κ2) is 6.46. The van der Waals surface area contributed by atoms with Gasteiger partial charge in [0.05, 0.1) is 12.8 Å². The molecule has 3 heterocycles. The lowest BCUT2D eigenvalue weighted by Crippen LogP contribution is -2.50. The molecule has 3 rings (SSSR count). The first-order valence-electron chi connectivity index (χ1n) is 8.04. The van der Waals surface area contributed by atoms with E-state index in [1.165, 1.54) is 0 Å². The van der Waals surface area contributed by atoms with Gasteiger partial charge in [-0.2, -0.15) is 5.10 Å². The molecule has 0 N–H and O–H groups in total. The predicted molar refractivity (Wildman–Crippen MR) is 87.0 cm³/mol. The lowest BCUT2D eigenvalue weighted by atomic mass is 10.2. The maximum Gasteiger partial charge on any atom is 0.409 e. The third-order valence-corrected chi connectivity index (χ3v) is 4.10. The molecule has 1 aliphatic rings. The number of aryl methyl sites for hydroxylation is 2. The summed E-state index contributed by atoms with van der Waals surface area (Å²) in [7, 11) is 0. The lowest BCUT2D eigenvalue weighted by Gasteiger charge is -2.33. The van der Waals surface area contributed by atoms with Crippen molar-refractivity contribution in [1.82, 2.24) is 24.4 Å². The standard InChI is InChI=1S/C16H21N5O3/c1-4-24-16(23)20-7-5-19(6-8-20)15(22)13-10-17-21-12(3)9-11(2)18-14(13)21/h9-10H,4-8H2,1-3H3. The number of hydrogen-bond donors (Lipinski definition) is 0. The fourth-order valence-electron chi connectivity index (χ4n) is 2.90. The van der Waals surface area contributed by atoms with E-state index in [9.17, 15) is 9.59 Å². The molecule has 0 spiro atoms. The zero-order valence-corrected chi connectivity index (χ0v) is 14.2. The smallest absolute Gasteiger partial charge is 0.409 e. The summed E-state index contributed by atoms with van der Waals surface area (Å²) in [6.07, 6.45) is 1.24. The van der Waals surface area contributed by atoms with Crippen LogP contribution in [0, 0.1) is 13.8 Å². The van der Waals surface area contributed by atoms with Gasteiger partial charge >= 0.3 is 6.09 Å². The number of aromatic nitrogens is 3.